The number of carbonyl (C=O) groups is 5. The number of methoxy groups -OCH3 is 2. The van der Waals surface area contributed by atoms with E-state index >= 15 is 0 Å². The third-order valence-corrected chi connectivity index (χ3v) is 10.9. The second-order valence-corrected chi connectivity index (χ2v) is 21.6. The number of ether oxygens (including phenoxy) is 8. The highest BCUT2D eigenvalue weighted by Gasteiger charge is 2.39. The Labute approximate surface area is 435 Å². The largest absolute Gasteiger partial charge is 0.497 e. The molecule has 0 aliphatic rings. The Bertz CT molecular complexity index is 2100. The van der Waals surface area contributed by atoms with E-state index in [0.717, 1.165) is 16.7 Å². The molecule has 16 nitrogen and oxygen atoms in total. The second kappa shape index (κ2) is 28.7. The summed E-state index contributed by atoms with van der Waals surface area (Å²) < 4.78 is 46.2. The van der Waals surface area contributed by atoms with Crippen molar-refractivity contribution >= 4 is 29.8 Å². The highest BCUT2D eigenvalue weighted by atomic mass is 16.6. The minimum absolute atomic E-state index is 0.0402. The van der Waals surface area contributed by atoms with Crippen LogP contribution in [-0.4, -0.2) is 152 Å². The van der Waals surface area contributed by atoms with Crippen molar-refractivity contribution in [3.63, 3.8) is 0 Å². The van der Waals surface area contributed by atoms with E-state index in [1.165, 1.54) is 0 Å². The summed E-state index contributed by atoms with van der Waals surface area (Å²) in [6.45, 7) is 25.2. The van der Waals surface area contributed by atoms with E-state index in [-0.39, 0.29) is 58.5 Å². The molecule has 0 fully saturated rings. The summed E-state index contributed by atoms with van der Waals surface area (Å²) in [5.41, 5.74) is -0.172. The summed E-state index contributed by atoms with van der Waals surface area (Å²) in [5, 5.41) is 0. The van der Waals surface area contributed by atoms with Gasteiger partial charge in [-0.2, -0.15) is 0 Å². The molecule has 0 amide bonds. The lowest BCUT2D eigenvalue weighted by Gasteiger charge is -2.38. The molecule has 3 aromatic rings. The number of rotatable bonds is 28. The molecule has 0 aliphatic heterocycles. The highest BCUT2D eigenvalue weighted by molar-refractivity contribution is 5.81. The molecule has 0 saturated heterocycles. The molecular formula is C57H85N3O13. The van der Waals surface area contributed by atoms with E-state index in [4.69, 9.17) is 37.9 Å². The molecule has 3 rings (SSSR count). The van der Waals surface area contributed by atoms with Crippen molar-refractivity contribution in [1.29, 1.82) is 0 Å². The quantitative estimate of drug-likeness (QED) is 0.0505. The van der Waals surface area contributed by atoms with Gasteiger partial charge < -0.3 is 37.9 Å². The topological polar surface area (TPSA) is 169 Å². The van der Waals surface area contributed by atoms with E-state index < -0.39 is 77.0 Å². The van der Waals surface area contributed by atoms with Gasteiger partial charge in [-0.05, 0) is 169 Å². The van der Waals surface area contributed by atoms with Gasteiger partial charge in [-0.1, -0.05) is 36.4 Å². The zero-order chi connectivity index (χ0) is 54.7. The van der Waals surface area contributed by atoms with Gasteiger partial charge in [-0.15, -0.1) is 0 Å². The van der Waals surface area contributed by atoms with Gasteiger partial charge in [0, 0.05) is 26.2 Å². The SMILES string of the molecule is CCOc1ccc(CC(C(=O)OC(C)(C)C)N(CCN(CCN(C(Cc2ccc(OC)cc2)C(=O)OC(C)C)C(Cc2ccc(OC)cc2)C(=O)OC(C)C)CC(=O)OC(C)(C)C)CC(=O)OC(C)(C)C)cc1. The van der Waals surface area contributed by atoms with Crippen LogP contribution in [0.4, 0.5) is 0 Å². The summed E-state index contributed by atoms with van der Waals surface area (Å²) in [4.78, 5) is 76.7. The lowest BCUT2D eigenvalue weighted by molar-refractivity contribution is -0.165. The lowest BCUT2D eigenvalue weighted by Crippen LogP contribution is -2.56. The molecule has 73 heavy (non-hydrogen) atoms. The van der Waals surface area contributed by atoms with Gasteiger partial charge >= 0.3 is 29.8 Å². The lowest BCUT2D eigenvalue weighted by atomic mass is 9.98. The predicted octanol–water partition coefficient (Wildman–Crippen LogP) is 8.07. The third-order valence-electron chi connectivity index (χ3n) is 10.9. The molecule has 0 heterocycles. The van der Waals surface area contributed by atoms with Crippen molar-refractivity contribution in [2.45, 2.75) is 163 Å². The van der Waals surface area contributed by atoms with Gasteiger partial charge in [0.2, 0.25) is 0 Å². The first kappa shape index (κ1) is 61.6. The van der Waals surface area contributed by atoms with Crippen molar-refractivity contribution in [2.75, 3.05) is 60.1 Å². The van der Waals surface area contributed by atoms with Crippen LogP contribution in [0, 0.1) is 0 Å². The highest BCUT2D eigenvalue weighted by Crippen LogP contribution is 2.24. The molecule has 0 saturated carbocycles. The second-order valence-electron chi connectivity index (χ2n) is 21.6. The normalized spacial score (nSPS) is 13.4. The fraction of sp³-hybridized carbons (Fsp3) is 0.596. The molecule has 3 aromatic carbocycles. The zero-order valence-electron chi connectivity index (χ0n) is 46.5. The van der Waals surface area contributed by atoms with Crippen LogP contribution in [-0.2, 0) is 66.9 Å². The molecule has 3 atom stereocenters. The maximum atomic E-state index is 14.6. The molecule has 0 aromatic heterocycles. The predicted molar refractivity (Wildman–Crippen MR) is 281 cm³/mol. The standard InChI is InChI=1S/C57H85N3O13/c1-17-68-46-28-22-41(23-29-46)34-47(54(65)73-57(12,13)14)59(38-51(62)72-56(9,10)11)32-30-58(37-50(61)71-55(6,7)8)31-33-60(48(52(63)69-39(2)3)35-42-18-24-44(66-15)25-19-42)49(53(64)70-40(4)5)36-43-20-26-45(67-16)27-21-43/h18-29,39-40,47-49H,17,30-38H2,1-16H3. The van der Waals surface area contributed by atoms with E-state index in [1.54, 1.807) is 138 Å². The van der Waals surface area contributed by atoms with Crippen molar-refractivity contribution in [1.82, 2.24) is 14.7 Å². The van der Waals surface area contributed by atoms with Gasteiger partial charge in [0.1, 0.15) is 52.2 Å². The van der Waals surface area contributed by atoms with Gasteiger partial charge in [-0.3, -0.25) is 38.7 Å². The van der Waals surface area contributed by atoms with Gasteiger partial charge in [0.15, 0.2) is 0 Å². The number of benzene rings is 3. The molecule has 0 aliphatic carbocycles. The fourth-order valence-corrected chi connectivity index (χ4v) is 7.87. The molecule has 3 unspecified atom stereocenters. The monoisotopic (exact) mass is 1020 g/mol. The Hall–Kier alpha value is -5.71. The van der Waals surface area contributed by atoms with E-state index in [2.05, 4.69) is 0 Å². The van der Waals surface area contributed by atoms with Gasteiger partial charge in [0.25, 0.3) is 0 Å². The molecule has 0 radical (unpaired) electrons. The van der Waals surface area contributed by atoms with Crippen molar-refractivity contribution in [2.24, 2.45) is 0 Å². The molecule has 16 heteroatoms. The van der Waals surface area contributed by atoms with Crippen LogP contribution >= 0.6 is 0 Å². The minimum Gasteiger partial charge on any atom is -0.497 e. The van der Waals surface area contributed by atoms with E-state index in [9.17, 15) is 24.0 Å². The molecule has 406 valence electrons. The van der Waals surface area contributed by atoms with Crippen LogP contribution in [0.25, 0.3) is 0 Å². The number of esters is 5. The Balaban J connectivity index is 2.26. The number of carbonyl (C=O) groups excluding carboxylic acids is 5. The minimum atomic E-state index is -1.03. The molecular weight excluding hydrogens is 935 g/mol. The van der Waals surface area contributed by atoms with Crippen molar-refractivity contribution < 1.29 is 61.9 Å². The molecule has 0 N–H and O–H groups in total. The Morgan fingerprint density at radius 2 is 0.836 bits per heavy atom. The maximum absolute atomic E-state index is 14.6. The summed E-state index contributed by atoms with van der Waals surface area (Å²) in [7, 11) is 3.14. The summed E-state index contributed by atoms with van der Waals surface area (Å²) in [5.74, 6) is -0.820. The van der Waals surface area contributed by atoms with Crippen LogP contribution in [0.5, 0.6) is 17.2 Å². The van der Waals surface area contributed by atoms with E-state index in [0.29, 0.717) is 23.9 Å². The molecule has 0 spiro atoms. The Kier molecular flexibility index (Phi) is 24.2. The van der Waals surface area contributed by atoms with E-state index in [1.807, 2.05) is 60.4 Å². The smallest absolute Gasteiger partial charge is 0.324 e. The zero-order valence-corrected chi connectivity index (χ0v) is 46.5. The summed E-state index contributed by atoms with van der Waals surface area (Å²) in [6, 6.07) is 19.0. The van der Waals surface area contributed by atoms with Crippen molar-refractivity contribution in [3.8, 4) is 17.2 Å². The summed E-state index contributed by atoms with van der Waals surface area (Å²) in [6.07, 6.45) is -0.531. The molecule has 0 bridgehead atoms. The van der Waals surface area contributed by atoms with Crippen molar-refractivity contribution in [3.05, 3.63) is 89.5 Å². The van der Waals surface area contributed by atoms with Gasteiger partial charge in [-0.25, -0.2) is 0 Å². The Morgan fingerprint density at radius 3 is 1.21 bits per heavy atom. The average molecular weight is 1020 g/mol. The van der Waals surface area contributed by atoms with Crippen LogP contribution in [0.1, 0.15) is 114 Å². The first-order valence-electron chi connectivity index (χ1n) is 25.4. The maximum Gasteiger partial charge on any atom is 0.324 e. The first-order chi connectivity index (χ1) is 34.1. The third kappa shape index (κ3) is 23.4. The first-order valence-corrected chi connectivity index (χ1v) is 25.4. The average Bonchev–Trinajstić information content (AvgIpc) is 3.27. The Morgan fingerprint density at radius 1 is 0.466 bits per heavy atom. The number of hydrogen-bond donors (Lipinski definition) is 0. The number of hydrogen-bond acceptors (Lipinski definition) is 16. The van der Waals surface area contributed by atoms with Crippen LogP contribution in [0.15, 0.2) is 72.8 Å². The van der Waals surface area contributed by atoms with Crippen LogP contribution < -0.4 is 14.2 Å². The number of nitrogens with zero attached hydrogens (tertiary/aromatic N) is 3. The van der Waals surface area contributed by atoms with Crippen LogP contribution in [0.2, 0.25) is 0 Å². The fourth-order valence-electron chi connectivity index (χ4n) is 7.87. The summed E-state index contributed by atoms with van der Waals surface area (Å²) >= 11 is 0. The van der Waals surface area contributed by atoms with Gasteiger partial charge in [0.05, 0.1) is 46.1 Å². The van der Waals surface area contributed by atoms with Crippen LogP contribution in [0.3, 0.4) is 0 Å².